The molecule has 2 saturated heterocycles. The minimum atomic E-state index is 0.0914. The Morgan fingerprint density at radius 2 is 1.64 bits per heavy atom. The lowest BCUT2D eigenvalue weighted by atomic mass is 10.1. The van der Waals surface area contributed by atoms with E-state index >= 15 is 0 Å². The summed E-state index contributed by atoms with van der Waals surface area (Å²) in [5, 5.41) is 0. The standard InChI is InChI=1S/C27H37N3O3/c1-22-21-23(7-12-26(22)32-2)27(31)30-18-16-29(17-19-30)24-8-10-25(11-9-24)33-20-6-15-28-13-4-3-5-14-28/h7-12,21H,3-6,13-20H2,1-2H3. The first kappa shape index (κ1) is 23.4. The Kier molecular flexibility index (Phi) is 8.10. The van der Waals surface area contributed by atoms with E-state index < -0.39 is 0 Å². The predicted octanol–water partition coefficient (Wildman–Crippen LogP) is 4.22. The lowest BCUT2D eigenvalue weighted by molar-refractivity contribution is 0.0746. The molecule has 0 aromatic heterocycles. The molecule has 0 atom stereocenters. The van der Waals surface area contributed by atoms with Gasteiger partial charge in [0.15, 0.2) is 0 Å². The van der Waals surface area contributed by atoms with Crippen LogP contribution in [-0.4, -0.2) is 75.2 Å². The molecule has 4 rings (SSSR count). The fraction of sp³-hybridized carbons (Fsp3) is 0.519. The van der Waals surface area contributed by atoms with E-state index in [0.29, 0.717) is 0 Å². The third-order valence-corrected chi connectivity index (χ3v) is 6.75. The maximum absolute atomic E-state index is 12.9. The molecule has 2 aliphatic heterocycles. The molecular weight excluding hydrogens is 414 g/mol. The molecule has 0 bridgehead atoms. The molecule has 0 spiro atoms. The van der Waals surface area contributed by atoms with Crippen molar-refractivity contribution in [3.63, 3.8) is 0 Å². The molecule has 6 nitrogen and oxygen atoms in total. The van der Waals surface area contributed by atoms with Crippen molar-refractivity contribution >= 4 is 11.6 Å². The summed E-state index contributed by atoms with van der Waals surface area (Å²) in [7, 11) is 1.65. The number of piperidine rings is 1. The quantitative estimate of drug-likeness (QED) is 0.563. The molecular formula is C27H37N3O3. The Hall–Kier alpha value is -2.73. The summed E-state index contributed by atoms with van der Waals surface area (Å²) in [5.41, 5.74) is 2.89. The number of anilines is 1. The first-order valence-corrected chi connectivity index (χ1v) is 12.3. The number of hydrogen-bond acceptors (Lipinski definition) is 5. The van der Waals surface area contributed by atoms with E-state index in [-0.39, 0.29) is 5.91 Å². The highest BCUT2D eigenvalue weighted by molar-refractivity contribution is 5.94. The van der Waals surface area contributed by atoms with Gasteiger partial charge in [0.2, 0.25) is 0 Å². The van der Waals surface area contributed by atoms with Gasteiger partial charge in [-0.15, -0.1) is 0 Å². The normalized spacial score (nSPS) is 17.2. The molecule has 0 saturated carbocycles. The first-order chi connectivity index (χ1) is 16.1. The van der Waals surface area contributed by atoms with Crippen molar-refractivity contribution in [2.75, 3.05) is 64.4 Å². The first-order valence-electron chi connectivity index (χ1n) is 12.3. The van der Waals surface area contributed by atoms with Gasteiger partial charge >= 0.3 is 0 Å². The van der Waals surface area contributed by atoms with E-state index in [1.165, 1.54) is 38.0 Å². The van der Waals surface area contributed by atoms with E-state index in [1.54, 1.807) is 7.11 Å². The number of amides is 1. The second-order valence-electron chi connectivity index (χ2n) is 9.06. The third kappa shape index (κ3) is 6.20. The number of carbonyl (C=O) groups excluding carboxylic acids is 1. The van der Waals surface area contributed by atoms with Crippen LogP contribution in [0.15, 0.2) is 42.5 Å². The van der Waals surface area contributed by atoms with Crippen LogP contribution in [0.25, 0.3) is 0 Å². The molecule has 0 radical (unpaired) electrons. The van der Waals surface area contributed by atoms with Gasteiger partial charge in [-0.25, -0.2) is 0 Å². The molecule has 1 amide bonds. The topological polar surface area (TPSA) is 45.3 Å². The second kappa shape index (κ2) is 11.4. The van der Waals surface area contributed by atoms with Crippen molar-refractivity contribution in [1.82, 2.24) is 9.80 Å². The van der Waals surface area contributed by atoms with Crippen molar-refractivity contribution in [3.8, 4) is 11.5 Å². The fourth-order valence-corrected chi connectivity index (χ4v) is 4.78. The number of rotatable bonds is 8. The van der Waals surface area contributed by atoms with Crippen LogP contribution < -0.4 is 14.4 Å². The summed E-state index contributed by atoms with van der Waals surface area (Å²) >= 11 is 0. The zero-order chi connectivity index (χ0) is 23.0. The van der Waals surface area contributed by atoms with Gasteiger partial charge in [0, 0.05) is 44.0 Å². The molecule has 6 heteroatoms. The van der Waals surface area contributed by atoms with E-state index in [1.807, 2.05) is 30.0 Å². The number of benzene rings is 2. The molecule has 2 aromatic carbocycles. The molecule has 2 fully saturated rings. The lowest BCUT2D eigenvalue weighted by Gasteiger charge is -2.36. The number of carbonyl (C=O) groups is 1. The van der Waals surface area contributed by atoms with Crippen LogP contribution in [0.5, 0.6) is 11.5 Å². The van der Waals surface area contributed by atoms with Gasteiger partial charge in [0.1, 0.15) is 11.5 Å². The monoisotopic (exact) mass is 451 g/mol. The van der Waals surface area contributed by atoms with Crippen LogP contribution in [0.3, 0.4) is 0 Å². The maximum atomic E-state index is 12.9. The minimum Gasteiger partial charge on any atom is -0.496 e. The van der Waals surface area contributed by atoms with Gasteiger partial charge < -0.3 is 24.2 Å². The van der Waals surface area contributed by atoms with E-state index in [4.69, 9.17) is 9.47 Å². The summed E-state index contributed by atoms with van der Waals surface area (Å²) in [4.78, 5) is 19.7. The summed E-state index contributed by atoms with van der Waals surface area (Å²) < 4.78 is 11.3. The molecule has 0 N–H and O–H groups in total. The van der Waals surface area contributed by atoms with Gasteiger partial charge in [-0.2, -0.15) is 0 Å². The molecule has 2 aliphatic rings. The Morgan fingerprint density at radius 1 is 0.909 bits per heavy atom. The van der Waals surface area contributed by atoms with Crippen LogP contribution in [0.2, 0.25) is 0 Å². The molecule has 2 heterocycles. The maximum Gasteiger partial charge on any atom is 0.253 e. The average molecular weight is 452 g/mol. The fourth-order valence-electron chi connectivity index (χ4n) is 4.78. The number of ether oxygens (including phenoxy) is 2. The highest BCUT2D eigenvalue weighted by Crippen LogP contribution is 2.23. The van der Waals surface area contributed by atoms with E-state index in [0.717, 1.165) is 68.4 Å². The van der Waals surface area contributed by atoms with Crippen molar-refractivity contribution in [1.29, 1.82) is 0 Å². The molecule has 2 aromatic rings. The number of likely N-dealkylation sites (tertiary alicyclic amines) is 1. The number of methoxy groups -OCH3 is 1. The lowest BCUT2D eigenvalue weighted by Crippen LogP contribution is -2.48. The number of aryl methyl sites for hydroxylation is 1. The summed E-state index contributed by atoms with van der Waals surface area (Å²) in [6, 6.07) is 14.0. The zero-order valence-electron chi connectivity index (χ0n) is 20.1. The number of piperazine rings is 1. The summed E-state index contributed by atoms with van der Waals surface area (Å²) in [6.45, 7) is 9.46. The third-order valence-electron chi connectivity index (χ3n) is 6.75. The zero-order valence-corrected chi connectivity index (χ0v) is 20.1. The van der Waals surface area contributed by atoms with Crippen molar-refractivity contribution < 1.29 is 14.3 Å². The summed E-state index contributed by atoms with van der Waals surface area (Å²) in [5.74, 6) is 1.83. The van der Waals surface area contributed by atoms with Crippen LogP contribution in [0.1, 0.15) is 41.6 Å². The Balaban J connectivity index is 1.21. The average Bonchev–Trinajstić information content (AvgIpc) is 2.87. The minimum absolute atomic E-state index is 0.0914. The number of nitrogens with zero attached hydrogens (tertiary/aromatic N) is 3. The van der Waals surface area contributed by atoms with Crippen molar-refractivity contribution in [2.45, 2.75) is 32.6 Å². The molecule has 33 heavy (non-hydrogen) atoms. The van der Waals surface area contributed by atoms with Crippen LogP contribution in [0, 0.1) is 6.92 Å². The second-order valence-corrected chi connectivity index (χ2v) is 9.06. The summed E-state index contributed by atoms with van der Waals surface area (Å²) in [6.07, 6.45) is 5.14. The molecule has 0 aliphatic carbocycles. The van der Waals surface area contributed by atoms with E-state index in [2.05, 4.69) is 34.1 Å². The van der Waals surface area contributed by atoms with Crippen LogP contribution in [0.4, 0.5) is 5.69 Å². The van der Waals surface area contributed by atoms with Gasteiger partial charge in [0.25, 0.3) is 5.91 Å². The van der Waals surface area contributed by atoms with Gasteiger partial charge in [-0.05, 0) is 87.3 Å². The SMILES string of the molecule is COc1ccc(C(=O)N2CCN(c3ccc(OCCCN4CCCCC4)cc3)CC2)cc1C. The Morgan fingerprint density at radius 3 is 2.30 bits per heavy atom. The Bertz CT molecular complexity index is 901. The predicted molar refractivity (Wildman–Crippen MR) is 133 cm³/mol. The molecule has 0 unspecified atom stereocenters. The highest BCUT2D eigenvalue weighted by atomic mass is 16.5. The molecule has 178 valence electrons. The Labute approximate surface area is 198 Å². The smallest absolute Gasteiger partial charge is 0.253 e. The highest BCUT2D eigenvalue weighted by Gasteiger charge is 2.23. The largest absolute Gasteiger partial charge is 0.496 e. The van der Waals surface area contributed by atoms with Crippen LogP contribution in [-0.2, 0) is 0 Å². The van der Waals surface area contributed by atoms with E-state index in [9.17, 15) is 4.79 Å². The van der Waals surface area contributed by atoms with Gasteiger partial charge in [0.05, 0.1) is 13.7 Å². The van der Waals surface area contributed by atoms with Crippen molar-refractivity contribution in [2.24, 2.45) is 0 Å². The van der Waals surface area contributed by atoms with Gasteiger partial charge in [-0.1, -0.05) is 6.42 Å². The number of hydrogen-bond donors (Lipinski definition) is 0. The van der Waals surface area contributed by atoms with Crippen LogP contribution >= 0.6 is 0 Å². The van der Waals surface area contributed by atoms with Gasteiger partial charge in [-0.3, -0.25) is 4.79 Å². The van der Waals surface area contributed by atoms with Crippen molar-refractivity contribution in [3.05, 3.63) is 53.6 Å².